The molecule has 4 atom stereocenters. The van der Waals surface area contributed by atoms with Crippen LogP contribution in [0.4, 0.5) is 24.9 Å². The van der Waals surface area contributed by atoms with Gasteiger partial charge in [0.15, 0.2) is 5.78 Å². The largest absolute Gasteiger partial charge is 0.408 e. The van der Waals surface area contributed by atoms with Gasteiger partial charge in [0.1, 0.15) is 17.0 Å². The molecule has 4 aliphatic rings. The normalized spacial score (nSPS) is 29.8. The minimum atomic E-state index is -4.60. The second-order valence-corrected chi connectivity index (χ2v) is 9.38. The van der Waals surface area contributed by atoms with Gasteiger partial charge >= 0.3 is 6.18 Å². The number of Topliss-reactive ketones (excluding diaryl/α,β-unsaturated/α-hetero) is 1. The first-order chi connectivity index (χ1) is 15.7. The lowest BCUT2D eigenvalue weighted by molar-refractivity contribution is -0.152. The molecule has 1 aliphatic carbocycles. The van der Waals surface area contributed by atoms with E-state index in [-0.39, 0.29) is 41.3 Å². The maximum Gasteiger partial charge on any atom is 0.408 e. The van der Waals surface area contributed by atoms with Crippen molar-refractivity contribution < 1.29 is 22.7 Å². The van der Waals surface area contributed by atoms with Gasteiger partial charge in [-0.3, -0.25) is 14.2 Å². The van der Waals surface area contributed by atoms with Gasteiger partial charge in [0.25, 0.3) is 5.56 Å². The molecule has 2 aromatic rings. The molecule has 3 aliphatic heterocycles. The average Bonchev–Trinajstić information content (AvgIpc) is 3.44. The summed E-state index contributed by atoms with van der Waals surface area (Å²) in [7, 11) is 0. The summed E-state index contributed by atoms with van der Waals surface area (Å²) < 4.78 is 48.8. The van der Waals surface area contributed by atoms with E-state index < -0.39 is 30.1 Å². The molecule has 0 bridgehead atoms. The van der Waals surface area contributed by atoms with Crippen LogP contribution < -0.4 is 15.4 Å². The number of pyridine rings is 1. The summed E-state index contributed by atoms with van der Waals surface area (Å²) in [4.78, 5) is 36.9. The van der Waals surface area contributed by atoms with Gasteiger partial charge in [0.05, 0.1) is 24.8 Å². The number of fused-ring (bicyclic) bond motifs is 1. The van der Waals surface area contributed by atoms with Gasteiger partial charge in [0, 0.05) is 36.8 Å². The molecule has 0 aromatic carbocycles. The molecule has 1 spiro atoms. The van der Waals surface area contributed by atoms with E-state index in [4.69, 9.17) is 16.3 Å². The van der Waals surface area contributed by atoms with Crippen molar-refractivity contribution >= 4 is 29.2 Å². The highest BCUT2D eigenvalue weighted by atomic mass is 35.5. The number of ether oxygens (including phenoxy) is 1. The number of rotatable bonds is 4. The van der Waals surface area contributed by atoms with Crippen molar-refractivity contribution in [2.45, 2.75) is 43.2 Å². The highest BCUT2D eigenvalue weighted by Gasteiger charge is 2.74. The van der Waals surface area contributed by atoms with Gasteiger partial charge in [-0.15, -0.1) is 0 Å². The third kappa shape index (κ3) is 3.08. The number of ketones is 1. The number of carbonyl (C=O) groups is 1. The molecule has 174 valence electrons. The lowest BCUT2D eigenvalue weighted by Crippen LogP contribution is -2.63. The Balaban J connectivity index is 1.38. The van der Waals surface area contributed by atoms with Crippen LogP contribution in [0.5, 0.6) is 0 Å². The first kappa shape index (κ1) is 20.9. The second-order valence-electron chi connectivity index (χ2n) is 9.00. The Bertz CT molecular complexity index is 1200. The van der Waals surface area contributed by atoms with E-state index in [0.717, 1.165) is 11.3 Å². The first-order valence-corrected chi connectivity index (χ1v) is 11.1. The van der Waals surface area contributed by atoms with Crippen molar-refractivity contribution in [2.75, 3.05) is 29.5 Å². The lowest BCUT2D eigenvalue weighted by atomic mass is 9.95. The summed E-state index contributed by atoms with van der Waals surface area (Å²) in [6, 6.07) is 2.25. The van der Waals surface area contributed by atoms with E-state index >= 15 is 0 Å². The summed E-state index contributed by atoms with van der Waals surface area (Å²) in [5.74, 6) is -0.0216. The maximum absolute atomic E-state index is 13.9. The van der Waals surface area contributed by atoms with E-state index in [1.165, 1.54) is 29.0 Å². The maximum atomic E-state index is 13.9. The Hall–Kier alpha value is -2.66. The number of nitrogens with zero attached hydrogens (tertiary/aromatic N) is 5. The van der Waals surface area contributed by atoms with Crippen LogP contribution in [0.25, 0.3) is 0 Å². The van der Waals surface area contributed by atoms with Gasteiger partial charge in [0.2, 0.25) is 5.95 Å². The number of halogens is 4. The van der Waals surface area contributed by atoms with Crippen LogP contribution in [0.3, 0.4) is 0 Å². The number of aromatic nitrogens is 3. The van der Waals surface area contributed by atoms with Crippen LogP contribution in [-0.2, 0) is 11.3 Å². The highest BCUT2D eigenvalue weighted by molar-refractivity contribution is 6.29. The number of hydrogen-bond donors (Lipinski definition) is 0. The smallest absolute Gasteiger partial charge is 0.374 e. The van der Waals surface area contributed by atoms with Gasteiger partial charge < -0.3 is 14.5 Å². The van der Waals surface area contributed by atoms with Gasteiger partial charge in [-0.2, -0.15) is 18.2 Å². The molecule has 33 heavy (non-hydrogen) atoms. The van der Waals surface area contributed by atoms with E-state index in [1.54, 1.807) is 0 Å². The van der Waals surface area contributed by atoms with Crippen molar-refractivity contribution in [3.8, 4) is 0 Å². The van der Waals surface area contributed by atoms with Crippen LogP contribution in [0, 0.1) is 5.92 Å². The quantitative estimate of drug-likeness (QED) is 0.489. The predicted octanol–water partition coefficient (Wildman–Crippen LogP) is 2.29. The van der Waals surface area contributed by atoms with E-state index in [9.17, 15) is 22.8 Å². The molecular weight excluding hydrogens is 463 g/mol. The minimum Gasteiger partial charge on any atom is -0.374 e. The first-order valence-electron chi connectivity index (χ1n) is 10.7. The third-order valence-corrected chi connectivity index (χ3v) is 7.50. The second kappa shape index (κ2) is 6.92. The van der Waals surface area contributed by atoms with Crippen LogP contribution in [0.15, 0.2) is 29.2 Å². The number of alkyl halides is 3. The van der Waals surface area contributed by atoms with E-state index in [2.05, 4.69) is 9.97 Å². The van der Waals surface area contributed by atoms with Crippen LogP contribution in [0.1, 0.15) is 23.2 Å². The zero-order valence-electron chi connectivity index (χ0n) is 17.3. The Morgan fingerprint density at radius 2 is 2.15 bits per heavy atom. The average molecular weight is 482 g/mol. The fourth-order valence-electron chi connectivity index (χ4n) is 5.46. The highest BCUT2D eigenvalue weighted by Crippen LogP contribution is 2.63. The molecule has 6 rings (SSSR count). The summed E-state index contributed by atoms with van der Waals surface area (Å²) in [6.07, 6.45) is -2.73. The van der Waals surface area contributed by atoms with Gasteiger partial charge in [-0.05, 0) is 25.0 Å². The number of hydrogen-bond acceptors (Lipinski definition) is 7. The monoisotopic (exact) mass is 481 g/mol. The molecule has 5 heterocycles. The zero-order valence-corrected chi connectivity index (χ0v) is 18.0. The molecule has 12 heteroatoms. The third-order valence-electron chi connectivity index (χ3n) is 7.28. The molecule has 0 N–H and O–H groups in total. The molecule has 0 radical (unpaired) electrons. The summed E-state index contributed by atoms with van der Waals surface area (Å²) in [6.45, 7) is 0.475. The molecule has 8 nitrogen and oxygen atoms in total. The minimum absolute atomic E-state index is 0.0705. The Kier molecular flexibility index (Phi) is 4.39. The van der Waals surface area contributed by atoms with Crippen molar-refractivity contribution in [3.63, 3.8) is 0 Å². The fraction of sp³-hybridized carbons (Fsp3) is 0.524. The summed E-state index contributed by atoms with van der Waals surface area (Å²) in [5.41, 5.74) is -0.493. The zero-order chi connectivity index (χ0) is 23.1. The molecule has 3 unspecified atom stereocenters. The van der Waals surface area contributed by atoms with Crippen molar-refractivity contribution in [1.82, 2.24) is 14.5 Å². The number of carbonyl (C=O) groups excluding carboxylic acids is 1. The Morgan fingerprint density at radius 1 is 1.33 bits per heavy atom. The van der Waals surface area contributed by atoms with Crippen molar-refractivity contribution in [1.29, 1.82) is 0 Å². The predicted molar refractivity (Wildman–Crippen MR) is 112 cm³/mol. The topological polar surface area (TPSA) is 80.6 Å². The molecule has 2 aromatic heterocycles. The molecule has 2 saturated heterocycles. The lowest BCUT2D eigenvalue weighted by Gasteiger charge is -2.47. The van der Waals surface area contributed by atoms with Crippen molar-refractivity contribution in [3.05, 3.63) is 45.5 Å². The van der Waals surface area contributed by atoms with Gasteiger partial charge in [-0.1, -0.05) is 11.6 Å². The fourth-order valence-corrected chi connectivity index (χ4v) is 5.57. The van der Waals surface area contributed by atoms with E-state index in [1.807, 2.05) is 4.90 Å². The standard InChI is InChI=1S/C21H19ClF3N5O3/c22-16-2-1-11(7-26-16)13(31)8-29-14(21(23,24)25)3-4-28-18(32)5-17(27-19(28)29)30-9-15-20(30)6-12(20)10-33-15/h1-2,5,7,12,14-15H,3-4,6,8-10H2/t12?,14-,15?,20?/m0/s1. The Labute approximate surface area is 190 Å². The van der Waals surface area contributed by atoms with Crippen LogP contribution >= 0.6 is 11.6 Å². The van der Waals surface area contributed by atoms with Crippen molar-refractivity contribution in [2.24, 2.45) is 5.92 Å². The Morgan fingerprint density at radius 3 is 2.82 bits per heavy atom. The molecule has 1 saturated carbocycles. The van der Waals surface area contributed by atoms with E-state index in [0.29, 0.717) is 24.9 Å². The van der Waals surface area contributed by atoms with Crippen LogP contribution in [-0.4, -0.2) is 63.9 Å². The van der Waals surface area contributed by atoms with Crippen LogP contribution in [0.2, 0.25) is 5.15 Å². The summed E-state index contributed by atoms with van der Waals surface area (Å²) in [5, 5.41) is 0.169. The van der Waals surface area contributed by atoms with Gasteiger partial charge in [-0.25, -0.2) is 4.98 Å². The molecular formula is C21H19ClF3N5O3. The summed E-state index contributed by atoms with van der Waals surface area (Å²) >= 11 is 5.75. The number of anilines is 2. The SMILES string of the molecule is O=C(CN1c2nc(N3CC4OCC5CC543)cc(=O)n2CC[C@H]1C(F)(F)F)c1ccc(Cl)nc1. The molecule has 0 amide bonds. The molecule has 3 fully saturated rings.